The van der Waals surface area contributed by atoms with Gasteiger partial charge in [-0.3, -0.25) is 4.79 Å². The highest BCUT2D eigenvalue weighted by molar-refractivity contribution is 7.12. The molecule has 106 valence electrons. The fraction of sp³-hybridized carbons (Fsp3) is 0.214. The van der Waals surface area contributed by atoms with Gasteiger partial charge in [0.25, 0.3) is 0 Å². The molecule has 2 aromatic rings. The van der Waals surface area contributed by atoms with E-state index >= 15 is 0 Å². The number of rotatable bonds is 5. The van der Waals surface area contributed by atoms with Gasteiger partial charge in [-0.25, -0.2) is 8.78 Å². The molecule has 0 aliphatic heterocycles. The van der Waals surface area contributed by atoms with Crippen LogP contribution in [0, 0.1) is 11.6 Å². The molecule has 0 saturated heterocycles. The molecule has 1 aromatic carbocycles. The molecule has 1 N–H and O–H groups in total. The second-order valence-corrected chi connectivity index (χ2v) is 5.39. The Bertz CT molecular complexity index is 593. The van der Waals surface area contributed by atoms with Gasteiger partial charge in [-0.1, -0.05) is 0 Å². The lowest BCUT2D eigenvalue weighted by Gasteiger charge is -2.05. The van der Waals surface area contributed by atoms with Crippen LogP contribution < -0.4 is 5.32 Å². The van der Waals surface area contributed by atoms with Crippen molar-refractivity contribution in [3.05, 3.63) is 51.7 Å². The molecule has 0 unspecified atom stereocenters. The predicted molar refractivity (Wildman–Crippen MR) is 73.7 cm³/mol. The summed E-state index contributed by atoms with van der Waals surface area (Å²) in [5.41, 5.74) is 0.380. The molecule has 0 fully saturated rings. The van der Waals surface area contributed by atoms with Crippen LogP contribution in [0.1, 0.15) is 9.75 Å². The molecule has 1 aromatic heterocycles. The van der Waals surface area contributed by atoms with Gasteiger partial charge in [0.2, 0.25) is 0 Å². The number of halogens is 2. The molecular formula is C14H13F2NO2S. The van der Waals surface area contributed by atoms with Crippen LogP contribution in [0.15, 0.2) is 30.3 Å². The number of anilines is 1. The Balaban J connectivity index is 1.95. The number of carbonyl (C=O) groups excluding carboxylic acids is 1. The molecule has 0 saturated carbocycles. The van der Waals surface area contributed by atoms with Crippen molar-refractivity contribution < 1.29 is 18.3 Å². The molecule has 3 nitrogen and oxygen atoms in total. The summed E-state index contributed by atoms with van der Waals surface area (Å²) in [6.45, 7) is 0.439. The summed E-state index contributed by atoms with van der Waals surface area (Å²) in [7, 11) is 1.34. The van der Waals surface area contributed by atoms with E-state index in [-0.39, 0.29) is 12.4 Å². The molecule has 6 heteroatoms. The summed E-state index contributed by atoms with van der Waals surface area (Å²) >= 11 is 1.45. The number of thiophene rings is 1. The van der Waals surface area contributed by atoms with E-state index in [0.29, 0.717) is 12.2 Å². The molecule has 20 heavy (non-hydrogen) atoms. The SMILES string of the molecule is COC(=O)Cc1ccc(CNc2cc(F)cc(F)c2)s1. The van der Waals surface area contributed by atoms with Gasteiger partial charge in [-0.05, 0) is 24.3 Å². The second kappa shape index (κ2) is 6.47. The van der Waals surface area contributed by atoms with Crippen LogP contribution in [0.3, 0.4) is 0 Å². The number of methoxy groups -OCH3 is 1. The van der Waals surface area contributed by atoms with Gasteiger partial charge in [0, 0.05) is 28.1 Å². The molecule has 0 spiro atoms. The molecule has 0 aliphatic rings. The average Bonchev–Trinajstić information content (AvgIpc) is 2.83. The Morgan fingerprint density at radius 1 is 1.20 bits per heavy atom. The molecule has 1 heterocycles. The first-order valence-electron chi connectivity index (χ1n) is 5.91. The van der Waals surface area contributed by atoms with Gasteiger partial charge in [-0.15, -0.1) is 11.3 Å². The van der Waals surface area contributed by atoms with Gasteiger partial charge in [0.15, 0.2) is 0 Å². The average molecular weight is 297 g/mol. The van der Waals surface area contributed by atoms with Crippen LogP contribution >= 0.6 is 11.3 Å². The highest BCUT2D eigenvalue weighted by atomic mass is 32.1. The topological polar surface area (TPSA) is 38.3 Å². The molecule has 2 rings (SSSR count). The maximum absolute atomic E-state index is 13.0. The lowest BCUT2D eigenvalue weighted by atomic mass is 10.3. The minimum atomic E-state index is -0.620. The van der Waals surface area contributed by atoms with Gasteiger partial charge in [-0.2, -0.15) is 0 Å². The minimum absolute atomic E-state index is 0.232. The number of carbonyl (C=O) groups is 1. The van der Waals surface area contributed by atoms with Crippen molar-refractivity contribution in [1.82, 2.24) is 0 Å². The van der Waals surface area contributed by atoms with Crippen LogP contribution in [0.2, 0.25) is 0 Å². The first-order chi connectivity index (χ1) is 9.56. The summed E-state index contributed by atoms with van der Waals surface area (Å²) in [5, 5.41) is 2.94. The second-order valence-electron chi connectivity index (χ2n) is 4.13. The van der Waals surface area contributed by atoms with Crippen molar-refractivity contribution in [2.24, 2.45) is 0 Å². The number of nitrogens with one attached hydrogen (secondary N) is 1. The fourth-order valence-electron chi connectivity index (χ4n) is 1.67. The van der Waals surface area contributed by atoms with Crippen molar-refractivity contribution in [3.63, 3.8) is 0 Å². The summed E-state index contributed by atoms with van der Waals surface area (Å²) in [6, 6.07) is 6.99. The zero-order chi connectivity index (χ0) is 14.5. The highest BCUT2D eigenvalue weighted by Gasteiger charge is 2.06. The first-order valence-corrected chi connectivity index (χ1v) is 6.73. The van der Waals surface area contributed by atoms with Gasteiger partial charge in [0.1, 0.15) is 11.6 Å². The van der Waals surface area contributed by atoms with Crippen LogP contribution in [0.4, 0.5) is 14.5 Å². The van der Waals surface area contributed by atoms with Crippen molar-refractivity contribution >= 4 is 23.0 Å². The summed E-state index contributed by atoms with van der Waals surface area (Å²) in [6.07, 6.45) is 0.232. The standard InChI is InChI=1S/C14H13F2NO2S/c1-19-14(18)7-12-2-3-13(20-12)8-17-11-5-9(15)4-10(16)6-11/h2-6,17H,7-8H2,1H3. The Morgan fingerprint density at radius 2 is 1.85 bits per heavy atom. The number of hydrogen-bond acceptors (Lipinski definition) is 4. The van der Waals surface area contributed by atoms with Crippen molar-refractivity contribution in [3.8, 4) is 0 Å². The quantitative estimate of drug-likeness (QED) is 0.860. The first kappa shape index (κ1) is 14.5. The number of esters is 1. The van der Waals surface area contributed by atoms with Crippen molar-refractivity contribution in [2.75, 3.05) is 12.4 Å². The summed E-state index contributed by atoms with van der Waals surface area (Å²) in [4.78, 5) is 13.0. The van der Waals surface area contributed by atoms with E-state index in [2.05, 4.69) is 10.1 Å². The molecule has 0 radical (unpaired) electrons. The normalized spacial score (nSPS) is 10.3. The van der Waals surface area contributed by atoms with E-state index in [1.165, 1.54) is 30.6 Å². The molecular weight excluding hydrogens is 284 g/mol. The lowest BCUT2D eigenvalue weighted by molar-refractivity contribution is -0.139. The zero-order valence-corrected chi connectivity index (χ0v) is 11.6. The third kappa shape index (κ3) is 4.03. The van der Waals surface area contributed by atoms with E-state index in [0.717, 1.165) is 15.8 Å². The lowest BCUT2D eigenvalue weighted by Crippen LogP contribution is -2.02. The number of ether oxygens (including phenoxy) is 1. The largest absolute Gasteiger partial charge is 0.469 e. The van der Waals surface area contributed by atoms with Crippen LogP contribution in [0.5, 0.6) is 0 Å². The number of hydrogen-bond donors (Lipinski definition) is 1. The Hall–Kier alpha value is -1.95. The predicted octanol–water partition coefficient (Wildman–Crippen LogP) is 3.35. The van der Waals surface area contributed by atoms with Gasteiger partial charge in [0.05, 0.1) is 13.5 Å². The fourth-order valence-corrected chi connectivity index (χ4v) is 2.62. The molecule has 0 amide bonds. The van der Waals surface area contributed by atoms with Crippen molar-refractivity contribution in [2.45, 2.75) is 13.0 Å². The molecule has 0 atom stereocenters. The monoisotopic (exact) mass is 297 g/mol. The van der Waals surface area contributed by atoms with E-state index in [9.17, 15) is 13.6 Å². The Kier molecular flexibility index (Phi) is 4.68. The maximum atomic E-state index is 13.0. The van der Waals surface area contributed by atoms with Crippen LogP contribution in [-0.4, -0.2) is 13.1 Å². The maximum Gasteiger partial charge on any atom is 0.310 e. The summed E-state index contributed by atoms with van der Waals surface area (Å²) in [5.74, 6) is -1.53. The Morgan fingerprint density at radius 3 is 2.50 bits per heavy atom. The minimum Gasteiger partial charge on any atom is -0.469 e. The van der Waals surface area contributed by atoms with E-state index in [1.54, 1.807) is 0 Å². The zero-order valence-electron chi connectivity index (χ0n) is 10.8. The van der Waals surface area contributed by atoms with Crippen molar-refractivity contribution in [1.29, 1.82) is 0 Å². The van der Waals surface area contributed by atoms with Crippen LogP contribution in [0.25, 0.3) is 0 Å². The van der Waals surface area contributed by atoms with Gasteiger partial charge < -0.3 is 10.1 Å². The highest BCUT2D eigenvalue weighted by Crippen LogP contribution is 2.20. The van der Waals surface area contributed by atoms with E-state index in [1.807, 2.05) is 12.1 Å². The third-order valence-corrected chi connectivity index (χ3v) is 3.68. The van der Waals surface area contributed by atoms with E-state index in [4.69, 9.17) is 0 Å². The Labute approximate surface area is 119 Å². The number of benzene rings is 1. The third-order valence-electron chi connectivity index (χ3n) is 2.59. The molecule has 0 bridgehead atoms. The summed E-state index contributed by atoms with van der Waals surface area (Å²) < 4.78 is 30.6. The van der Waals surface area contributed by atoms with Crippen LogP contribution in [-0.2, 0) is 22.5 Å². The van der Waals surface area contributed by atoms with E-state index < -0.39 is 11.6 Å². The van der Waals surface area contributed by atoms with Gasteiger partial charge >= 0.3 is 5.97 Å². The molecule has 0 aliphatic carbocycles. The smallest absolute Gasteiger partial charge is 0.310 e.